The van der Waals surface area contributed by atoms with Crippen LogP contribution in [0.1, 0.15) is 43.5 Å². The van der Waals surface area contributed by atoms with Crippen molar-refractivity contribution in [2.24, 2.45) is 12.0 Å². The van der Waals surface area contributed by atoms with Crippen molar-refractivity contribution in [1.82, 2.24) is 14.0 Å². The first-order valence-corrected chi connectivity index (χ1v) is 9.23. The highest BCUT2D eigenvalue weighted by Gasteiger charge is 2.18. The Kier molecular flexibility index (Phi) is 5.67. The molecule has 3 heterocycles. The number of unbranched alkanes of at least 4 members (excludes halogenated alkanes) is 1. The Morgan fingerprint density at radius 3 is 2.75 bits per heavy atom. The second kappa shape index (κ2) is 8.16. The zero-order valence-corrected chi connectivity index (χ0v) is 16.1. The van der Waals surface area contributed by atoms with Crippen LogP contribution in [0.15, 0.2) is 40.2 Å². The Labute approximate surface area is 161 Å². The number of pyridine rings is 2. The van der Waals surface area contributed by atoms with Crippen LogP contribution in [0.5, 0.6) is 0 Å². The minimum absolute atomic E-state index is 0.0662. The van der Waals surface area contributed by atoms with E-state index in [1.54, 1.807) is 38.4 Å². The molecule has 3 aromatic heterocycles. The molecule has 3 rings (SSSR count). The number of aryl methyl sites for hydroxylation is 1. The lowest BCUT2D eigenvalue weighted by Gasteiger charge is -2.11. The summed E-state index contributed by atoms with van der Waals surface area (Å²) in [4.78, 5) is 46.3. The molecule has 1 amide bonds. The second-order valence-electron chi connectivity index (χ2n) is 6.35. The molecule has 146 valence electrons. The van der Waals surface area contributed by atoms with Crippen LogP contribution >= 0.6 is 0 Å². The van der Waals surface area contributed by atoms with Crippen molar-refractivity contribution >= 4 is 28.6 Å². The summed E-state index contributed by atoms with van der Waals surface area (Å²) in [6.07, 6.45) is 3.46. The van der Waals surface area contributed by atoms with E-state index in [0.29, 0.717) is 17.7 Å². The topological polar surface area (TPSA) is 95.0 Å². The first-order chi connectivity index (χ1) is 13.5. The molecule has 0 fully saturated rings. The van der Waals surface area contributed by atoms with Crippen LogP contribution in [0.3, 0.4) is 0 Å². The fourth-order valence-electron chi connectivity index (χ4n) is 2.96. The highest BCUT2D eigenvalue weighted by Crippen LogP contribution is 2.10. The van der Waals surface area contributed by atoms with E-state index in [-0.39, 0.29) is 40.9 Å². The molecule has 3 aromatic rings. The van der Waals surface area contributed by atoms with E-state index in [4.69, 9.17) is 4.74 Å². The quantitative estimate of drug-likeness (QED) is 0.497. The van der Waals surface area contributed by atoms with Gasteiger partial charge in [0, 0.05) is 19.7 Å². The Hall–Kier alpha value is -3.29. The largest absolute Gasteiger partial charge is 0.462 e. The van der Waals surface area contributed by atoms with Crippen LogP contribution in [0.4, 0.5) is 0 Å². The molecule has 8 nitrogen and oxygen atoms in total. The van der Waals surface area contributed by atoms with E-state index in [1.165, 1.54) is 15.0 Å². The molecule has 0 atom stereocenters. The van der Waals surface area contributed by atoms with Gasteiger partial charge in [-0.3, -0.25) is 14.0 Å². The van der Waals surface area contributed by atoms with Gasteiger partial charge in [0.2, 0.25) is 5.91 Å². The van der Waals surface area contributed by atoms with Gasteiger partial charge in [-0.25, -0.2) is 9.78 Å². The lowest BCUT2D eigenvalue weighted by molar-refractivity contribution is -0.118. The molecule has 0 aliphatic rings. The van der Waals surface area contributed by atoms with Gasteiger partial charge in [0.1, 0.15) is 16.9 Å². The van der Waals surface area contributed by atoms with Gasteiger partial charge in [-0.2, -0.15) is 4.99 Å². The van der Waals surface area contributed by atoms with Gasteiger partial charge in [0.05, 0.1) is 12.0 Å². The molecule has 0 aromatic carbocycles. The highest BCUT2D eigenvalue weighted by molar-refractivity contribution is 5.93. The average molecular weight is 382 g/mol. The van der Waals surface area contributed by atoms with E-state index in [0.717, 1.165) is 6.42 Å². The number of rotatable bonds is 5. The van der Waals surface area contributed by atoms with E-state index in [2.05, 4.69) is 9.98 Å². The molecular weight excluding hydrogens is 360 g/mol. The monoisotopic (exact) mass is 382 g/mol. The highest BCUT2D eigenvalue weighted by atomic mass is 16.5. The molecular formula is C20H22N4O4. The SMILES string of the molecule is CCCCC(=O)N=c1c(C(=O)OCC)cc2c(=O)n3ccccc3nc2n1C. The van der Waals surface area contributed by atoms with Gasteiger partial charge >= 0.3 is 5.97 Å². The number of amides is 1. The zero-order valence-electron chi connectivity index (χ0n) is 16.1. The number of carbonyl (C=O) groups is 2. The Morgan fingerprint density at radius 2 is 2.04 bits per heavy atom. The van der Waals surface area contributed by atoms with E-state index >= 15 is 0 Å². The molecule has 0 saturated carbocycles. The van der Waals surface area contributed by atoms with E-state index < -0.39 is 5.97 Å². The van der Waals surface area contributed by atoms with Crippen molar-refractivity contribution in [3.8, 4) is 0 Å². The maximum atomic E-state index is 12.9. The fraction of sp³-hybridized carbons (Fsp3) is 0.350. The summed E-state index contributed by atoms with van der Waals surface area (Å²) >= 11 is 0. The molecule has 0 saturated heterocycles. The molecule has 0 aliphatic carbocycles. The summed E-state index contributed by atoms with van der Waals surface area (Å²) < 4.78 is 8.01. The summed E-state index contributed by atoms with van der Waals surface area (Å²) in [6, 6.07) is 6.63. The van der Waals surface area contributed by atoms with Crippen LogP contribution in [0.2, 0.25) is 0 Å². The summed E-state index contributed by atoms with van der Waals surface area (Å²) in [7, 11) is 1.63. The smallest absolute Gasteiger partial charge is 0.341 e. The second-order valence-corrected chi connectivity index (χ2v) is 6.35. The number of fused-ring (bicyclic) bond motifs is 2. The van der Waals surface area contributed by atoms with Crippen molar-refractivity contribution in [1.29, 1.82) is 0 Å². The third kappa shape index (κ3) is 3.58. The lowest BCUT2D eigenvalue weighted by atomic mass is 10.2. The minimum atomic E-state index is -0.639. The van der Waals surface area contributed by atoms with Crippen molar-refractivity contribution in [3.63, 3.8) is 0 Å². The van der Waals surface area contributed by atoms with Gasteiger partial charge in [-0.1, -0.05) is 19.4 Å². The van der Waals surface area contributed by atoms with Crippen molar-refractivity contribution < 1.29 is 14.3 Å². The molecule has 0 N–H and O–H groups in total. The standard InChI is InChI=1S/C20H22N4O4/c1-4-6-10-16(25)22-18-14(20(27)28-5-2)12-13-17(23(18)3)21-15-9-7-8-11-24(15)19(13)26/h7-9,11-12H,4-6,10H2,1-3H3. The number of nitrogens with zero attached hydrogens (tertiary/aromatic N) is 4. The third-order valence-electron chi connectivity index (χ3n) is 4.38. The number of aromatic nitrogens is 3. The summed E-state index contributed by atoms with van der Waals surface area (Å²) in [5.74, 6) is -0.973. The summed E-state index contributed by atoms with van der Waals surface area (Å²) in [5.41, 5.74) is 0.690. The number of carbonyl (C=O) groups excluding carboxylic acids is 2. The molecule has 0 radical (unpaired) electrons. The van der Waals surface area contributed by atoms with Crippen LogP contribution in [-0.4, -0.2) is 32.4 Å². The van der Waals surface area contributed by atoms with Crippen LogP contribution in [-0.2, 0) is 16.6 Å². The Balaban J connectivity index is 2.37. The van der Waals surface area contributed by atoms with Gasteiger partial charge in [-0.15, -0.1) is 0 Å². The van der Waals surface area contributed by atoms with Crippen molar-refractivity contribution in [3.05, 3.63) is 51.9 Å². The molecule has 8 heteroatoms. The minimum Gasteiger partial charge on any atom is -0.462 e. The van der Waals surface area contributed by atoms with Crippen LogP contribution in [0.25, 0.3) is 16.7 Å². The number of ether oxygens (including phenoxy) is 1. The average Bonchev–Trinajstić information content (AvgIpc) is 2.69. The van der Waals surface area contributed by atoms with Crippen LogP contribution in [0, 0.1) is 0 Å². The maximum absolute atomic E-state index is 12.9. The summed E-state index contributed by atoms with van der Waals surface area (Å²) in [6.45, 7) is 3.83. The molecule has 0 unspecified atom stereocenters. The first-order valence-electron chi connectivity index (χ1n) is 9.23. The molecule has 0 aliphatic heterocycles. The predicted molar refractivity (Wildman–Crippen MR) is 104 cm³/mol. The van der Waals surface area contributed by atoms with Crippen LogP contribution < -0.4 is 11.0 Å². The zero-order chi connectivity index (χ0) is 20.3. The fourth-order valence-corrected chi connectivity index (χ4v) is 2.96. The number of esters is 1. The van der Waals surface area contributed by atoms with Crippen molar-refractivity contribution in [2.45, 2.75) is 33.1 Å². The van der Waals surface area contributed by atoms with Gasteiger partial charge < -0.3 is 9.30 Å². The summed E-state index contributed by atoms with van der Waals surface area (Å²) in [5, 5.41) is 0.245. The number of hydrogen-bond donors (Lipinski definition) is 0. The molecule has 0 bridgehead atoms. The Morgan fingerprint density at radius 1 is 1.25 bits per heavy atom. The molecule has 0 spiro atoms. The normalized spacial score (nSPS) is 11.9. The van der Waals surface area contributed by atoms with Gasteiger partial charge in [-0.05, 0) is 31.5 Å². The lowest BCUT2D eigenvalue weighted by Crippen LogP contribution is -2.31. The Bertz CT molecular complexity index is 1190. The van der Waals surface area contributed by atoms with Crippen molar-refractivity contribution in [2.75, 3.05) is 6.61 Å². The van der Waals surface area contributed by atoms with Gasteiger partial charge in [0.25, 0.3) is 5.56 Å². The van der Waals surface area contributed by atoms with E-state index in [9.17, 15) is 14.4 Å². The maximum Gasteiger partial charge on any atom is 0.341 e. The number of hydrogen-bond acceptors (Lipinski definition) is 5. The van der Waals surface area contributed by atoms with E-state index in [1.807, 2.05) is 6.92 Å². The first kappa shape index (κ1) is 19.5. The molecule has 28 heavy (non-hydrogen) atoms. The third-order valence-corrected chi connectivity index (χ3v) is 4.38. The van der Waals surface area contributed by atoms with Gasteiger partial charge in [0.15, 0.2) is 5.49 Å². The predicted octanol–water partition coefficient (Wildman–Crippen LogP) is 1.98.